The second-order valence-corrected chi connectivity index (χ2v) is 3.19. The van der Waals surface area contributed by atoms with Crippen LogP contribution in [0.5, 0.6) is 0 Å². The Morgan fingerprint density at radius 3 is 2.23 bits per heavy atom. The molecule has 70 valence electrons. The molecule has 0 aromatic carbocycles. The van der Waals surface area contributed by atoms with Crippen LogP contribution in [0.25, 0.3) is 0 Å². The van der Waals surface area contributed by atoms with Crippen LogP contribution in [0.4, 0.5) is 0 Å². The highest BCUT2D eigenvalue weighted by atomic mass is 35.5. The van der Waals surface area contributed by atoms with Crippen molar-refractivity contribution in [3.63, 3.8) is 0 Å². The van der Waals surface area contributed by atoms with Crippen molar-refractivity contribution in [2.75, 3.05) is 0 Å². The molecule has 0 aliphatic carbocycles. The summed E-state index contributed by atoms with van der Waals surface area (Å²) in [5, 5.41) is 9.19. The van der Waals surface area contributed by atoms with Gasteiger partial charge in [0.05, 0.1) is 11.7 Å². The van der Waals surface area contributed by atoms with E-state index in [0.29, 0.717) is 0 Å². The first-order valence-electron chi connectivity index (χ1n) is 2.93. The monoisotopic (exact) mass is 240 g/mol. The molecule has 0 aliphatic rings. The fraction of sp³-hybridized carbons (Fsp3) is 0. The third kappa shape index (κ3) is 1.80. The zero-order chi connectivity index (χ0) is 10.2. The van der Waals surface area contributed by atoms with Gasteiger partial charge in [0.2, 0.25) is 5.43 Å². The Labute approximate surface area is 87.0 Å². The van der Waals surface area contributed by atoms with Gasteiger partial charge in [0.15, 0.2) is 0 Å². The zero-order valence-electron chi connectivity index (χ0n) is 5.86. The first-order valence-corrected chi connectivity index (χ1v) is 4.06. The number of aromatic amines is 1. The van der Waals surface area contributed by atoms with Gasteiger partial charge >= 0.3 is 0 Å². The number of carbonyl (C=O) groups is 1. The van der Waals surface area contributed by atoms with Crippen molar-refractivity contribution in [2.45, 2.75) is 0 Å². The summed E-state index contributed by atoms with van der Waals surface area (Å²) in [4.78, 5) is 23.5. The van der Waals surface area contributed by atoms with Crippen LogP contribution in [0.3, 0.4) is 0 Å². The van der Waals surface area contributed by atoms with E-state index in [4.69, 9.17) is 34.8 Å². The third-order valence-corrected chi connectivity index (χ3v) is 2.35. The molecule has 1 heterocycles. The van der Waals surface area contributed by atoms with Gasteiger partial charge in [-0.15, -0.1) is 0 Å². The number of carboxylic acids is 1. The molecule has 4 nitrogen and oxygen atoms in total. The van der Waals surface area contributed by atoms with Gasteiger partial charge in [-0.05, 0) is 0 Å². The minimum absolute atomic E-state index is 0.282. The number of halogens is 3. The van der Waals surface area contributed by atoms with E-state index in [1.54, 1.807) is 0 Å². The minimum Gasteiger partial charge on any atom is -0.543 e. The van der Waals surface area contributed by atoms with Gasteiger partial charge in [-0.2, -0.15) is 0 Å². The van der Waals surface area contributed by atoms with Gasteiger partial charge in [-0.1, -0.05) is 34.8 Å². The molecule has 13 heavy (non-hydrogen) atoms. The molecule has 0 saturated carbocycles. The largest absolute Gasteiger partial charge is 0.543 e. The number of carboxylic acid groups (broad SMARTS) is 1. The van der Waals surface area contributed by atoms with E-state index < -0.39 is 22.1 Å². The molecule has 1 rings (SSSR count). The maximum atomic E-state index is 11.1. The van der Waals surface area contributed by atoms with E-state index in [1.165, 1.54) is 0 Å². The lowest BCUT2D eigenvalue weighted by atomic mass is 10.3. The van der Waals surface area contributed by atoms with Crippen molar-refractivity contribution in [2.24, 2.45) is 0 Å². The molecule has 0 unspecified atom stereocenters. The number of aromatic nitrogens is 1. The molecule has 0 spiro atoms. The SMILES string of the molecule is O=C([O-])c1[nH]c(Cl)c(Cl)c(=O)c1Cl. The maximum absolute atomic E-state index is 11.1. The zero-order valence-corrected chi connectivity index (χ0v) is 8.13. The van der Waals surface area contributed by atoms with Gasteiger partial charge in [-0.25, -0.2) is 0 Å². The van der Waals surface area contributed by atoms with E-state index in [0.717, 1.165) is 0 Å². The molecule has 1 aromatic heterocycles. The summed E-state index contributed by atoms with van der Waals surface area (Å²) in [7, 11) is 0. The predicted octanol–water partition coefficient (Wildman–Crippen LogP) is 0.699. The number of carbonyl (C=O) groups excluding carboxylic acids is 1. The lowest BCUT2D eigenvalue weighted by Gasteiger charge is -2.06. The van der Waals surface area contributed by atoms with E-state index in [2.05, 4.69) is 4.98 Å². The normalized spacial score (nSPS) is 10.1. The summed E-state index contributed by atoms with van der Waals surface area (Å²) in [6, 6.07) is 0. The Balaban J connectivity index is 3.60. The Hall–Kier alpha value is -0.710. The second-order valence-electron chi connectivity index (χ2n) is 2.06. The summed E-state index contributed by atoms with van der Waals surface area (Å²) in [5.41, 5.74) is -1.42. The van der Waals surface area contributed by atoms with Crippen molar-refractivity contribution in [3.05, 3.63) is 31.1 Å². The van der Waals surface area contributed by atoms with Gasteiger partial charge in [0.25, 0.3) is 0 Å². The highest BCUT2D eigenvalue weighted by Crippen LogP contribution is 2.19. The Bertz CT molecular complexity index is 426. The summed E-state index contributed by atoms with van der Waals surface area (Å²) in [6.07, 6.45) is 0. The number of aromatic carboxylic acids is 1. The van der Waals surface area contributed by atoms with Crippen LogP contribution >= 0.6 is 34.8 Å². The number of rotatable bonds is 1. The number of nitrogens with one attached hydrogen (secondary N) is 1. The summed E-state index contributed by atoms with van der Waals surface area (Å²) in [5.74, 6) is -1.62. The Morgan fingerprint density at radius 1 is 1.23 bits per heavy atom. The lowest BCUT2D eigenvalue weighted by molar-refractivity contribution is -0.255. The highest BCUT2D eigenvalue weighted by molar-refractivity contribution is 6.42. The van der Waals surface area contributed by atoms with Crippen molar-refractivity contribution in [1.29, 1.82) is 0 Å². The maximum Gasteiger partial charge on any atom is 0.220 e. The van der Waals surface area contributed by atoms with Crippen molar-refractivity contribution < 1.29 is 9.90 Å². The summed E-state index contributed by atoms with van der Waals surface area (Å²) in [6.45, 7) is 0. The molecule has 0 saturated heterocycles. The van der Waals surface area contributed by atoms with Gasteiger partial charge in [0.1, 0.15) is 15.2 Å². The van der Waals surface area contributed by atoms with Crippen molar-refractivity contribution in [3.8, 4) is 0 Å². The smallest absolute Gasteiger partial charge is 0.220 e. The van der Waals surface area contributed by atoms with Crippen LogP contribution < -0.4 is 10.5 Å². The van der Waals surface area contributed by atoms with Crippen LogP contribution in [-0.2, 0) is 0 Å². The van der Waals surface area contributed by atoms with Crippen LogP contribution in [0.2, 0.25) is 15.2 Å². The van der Waals surface area contributed by atoms with E-state index in [-0.39, 0.29) is 10.2 Å². The van der Waals surface area contributed by atoms with Gasteiger partial charge in [-0.3, -0.25) is 4.79 Å². The molecule has 0 amide bonds. The van der Waals surface area contributed by atoms with Gasteiger partial charge in [0, 0.05) is 0 Å². The molecular weight excluding hydrogens is 240 g/mol. The fourth-order valence-electron chi connectivity index (χ4n) is 0.670. The first kappa shape index (κ1) is 10.4. The molecular formula is C6HCl3NO3-. The molecule has 7 heteroatoms. The Kier molecular flexibility index (Phi) is 2.85. The van der Waals surface area contributed by atoms with E-state index in [1.807, 2.05) is 0 Å². The summed E-state index contributed by atoms with van der Waals surface area (Å²) < 4.78 is 0. The third-order valence-electron chi connectivity index (χ3n) is 1.25. The number of pyridine rings is 1. The fourth-order valence-corrected chi connectivity index (χ4v) is 1.26. The first-order chi connectivity index (χ1) is 5.95. The number of H-pyrrole nitrogens is 1. The molecule has 0 aliphatic heterocycles. The van der Waals surface area contributed by atoms with Crippen LogP contribution in [0.1, 0.15) is 10.5 Å². The molecule has 1 aromatic rings. The standard InChI is InChI=1S/C6H2Cl3NO3/c7-1-3(6(12)13)10-5(9)2(8)4(1)11/h(H,10,11)(H,12,13)/p-1. The topological polar surface area (TPSA) is 73.0 Å². The van der Waals surface area contributed by atoms with Crippen LogP contribution in [0.15, 0.2) is 4.79 Å². The molecule has 0 bridgehead atoms. The van der Waals surface area contributed by atoms with Crippen molar-refractivity contribution in [1.82, 2.24) is 4.98 Å². The van der Waals surface area contributed by atoms with E-state index in [9.17, 15) is 14.7 Å². The second kappa shape index (κ2) is 3.57. The quantitative estimate of drug-likeness (QED) is 0.736. The molecule has 0 fully saturated rings. The van der Waals surface area contributed by atoms with Crippen LogP contribution in [-0.4, -0.2) is 11.0 Å². The van der Waals surface area contributed by atoms with Crippen LogP contribution in [0, 0.1) is 0 Å². The number of hydrogen-bond donors (Lipinski definition) is 1. The molecule has 0 radical (unpaired) electrons. The highest BCUT2D eigenvalue weighted by Gasteiger charge is 2.12. The average Bonchev–Trinajstić information content (AvgIpc) is 2.07. The van der Waals surface area contributed by atoms with E-state index >= 15 is 0 Å². The average molecular weight is 241 g/mol. The van der Waals surface area contributed by atoms with Crippen molar-refractivity contribution >= 4 is 40.8 Å². The molecule has 0 atom stereocenters. The Morgan fingerprint density at radius 2 is 1.77 bits per heavy atom. The minimum atomic E-state index is -1.62. The predicted molar refractivity (Wildman–Crippen MR) is 46.4 cm³/mol. The molecule has 1 N–H and O–H groups in total. The summed E-state index contributed by atoms with van der Waals surface area (Å²) >= 11 is 16.1. The van der Waals surface area contributed by atoms with Gasteiger partial charge < -0.3 is 14.9 Å². The lowest BCUT2D eigenvalue weighted by Crippen LogP contribution is -2.26. The number of hydrogen-bond acceptors (Lipinski definition) is 3.